The van der Waals surface area contributed by atoms with E-state index in [1.165, 1.54) is 12.3 Å². The Morgan fingerprint density at radius 1 is 1.37 bits per heavy atom. The Morgan fingerprint density at radius 3 is 2.67 bits per heavy atom. The zero-order valence-electron chi connectivity index (χ0n) is 14.6. The molecule has 2 rings (SSSR count). The Bertz CT molecular complexity index is 724. The molecule has 0 saturated carbocycles. The number of nitrogens with one attached hydrogen (secondary N) is 1. The van der Waals surface area contributed by atoms with E-state index in [9.17, 15) is 24.7 Å². The molecule has 0 aromatic carbocycles. The molecular formula is C14H24N3O9P. The molecule has 5 atom stereocenters. The van der Waals surface area contributed by atoms with E-state index in [2.05, 4.69) is 21.7 Å². The number of hydrogen-bond donors (Lipinski definition) is 6. The topological polar surface area (TPSA) is 184 Å². The maximum absolute atomic E-state index is 12.2. The number of anilines is 1. The van der Waals surface area contributed by atoms with Crippen LogP contribution in [-0.2, 0) is 13.8 Å². The van der Waals surface area contributed by atoms with Gasteiger partial charge in [-0.15, -0.1) is 0 Å². The molecule has 13 heteroatoms. The second-order valence-corrected chi connectivity index (χ2v) is 7.29. The van der Waals surface area contributed by atoms with Gasteiger partial charge in [0.15, 0.2) is 12.5 Å². The molecule has 1 unspecified atom stereocenters. The van der Waals surface area contributed by atoms with Crippen LogP contribution in [0, 0.1) is 0 Å². The first-order valence-corrected chi connectivity index (χ1v) is 9.93. The van der Waals surface area contributed by atoms with Crippen LogP contribution in [0.5, 0.6) is 0 Å². The van der Waals surface area contributed by atoms with Crippen LogP contribution in [0.2, 0.25) is 0 Å². The summed E-state index contributed by atoms with van der Waals surface area (Å²) in [6, 6.07) is 1.48. The zero-order chi connectivity index (χ0) is 20.2. The van der Waals surface area contributed by atoms with E-state index in [1.807, 2.05) is 0 Å². The van der Waals surface area contributed by atoms with Crippen LogP contribution in [0.25, 0.3) is 0 Å². The summed E-state index contributed by atoms with van der Waals surface area (Å²) in [6.07, 6.45) is -4.45. The number of unbranched alkanes of at least 4 members (excludes halogenated alkanes) is 2. The third-order valence-corrected chi connectivity index (χ3v) is 4.48. The van der Waals surface area contributed by atoms with Crippen molar-refractivity contribution in [3.8, 4) is 0 Å². The zero-order valence-corrected chi connectivity index (χ0v) is 15.5. The van der Waals surface area contributed by atoms with Gasteiger partial charge in [-0.3, -0.25) is 9.09 Å². The van der Waals surface area contributed by atoms with Crippen LogP contribution < -0.4 is 11.0 Å². The first kappa shape index (κ1) is 21.9. The number of nitrogens with zero attached hydrogens (tertiary/aromatic N) is 2. The normalized spacial score (nSPS) is 26.9. The number of aliphatic hydroxyl groups is 3. The summed E-state index contributed by atoms with van der Waals surface area (Å²) in [5, 5.41) is 32.7. The molecule has 1 aromatic heterocycles. The predicted molar refractivity (Wildman–Crippen MR) is 91.6 cm³/mol. The van der Waals surface area contributed by atoms with Gasteiger partial charge in [0.25, 0.3) is 0 Å². The highest BCUT2D eigenvalue weighted by atomic mass is 31.2. The van der Waals surface area contributed by atoms with Gasteiger partial charge in [-0.25, -0.2) is 9.36 Å². The minimum Gasteiger partial charge on any atom is -0.387 e. The summed E-state index contributed by atoms with van der Waals surface area (Å²) >= 11 is 0. The fourth-order valence-electron chi connectivity index (χ4n) is 2.65. The summed E-state index contributed by atoms with van der Waals surface area (Å²) < 4.78 is 20.9. The lowest BCUT2D eigenvalue weighted by Gasteiger charge is -2.21. The highest BCUT2D eigenvalue weighted by Gasteiger charge is 2.49. The van der Waals surface area contributed by atoms with Crippen LogP contribution in [0.15, 0.2) is 17.1 Å². The monoisotopic (exact) mass is 409 g/mol. The van der Waals surface area contributed by atoms with Crippen LogP contribution >= 0.6 is 7.82 Å². The molecule has 1 saturated heterocycles. The maximum Gasteiger partial charge on any atom is 0.472 e. The fraction of sp³-hybridized carbons (Fsp3) is 0.714. The number of phosphoric ester groups is 1. The first-order chi connectivity index (χ1) is 12.6. The molecule has 27 heavy (non-hydrogen) atoms. The number of rotatable bonds is 9. The average molecular weight is 409 g/mol. The smallest absolute Gasteiger partial charge is 0.387 e. The molecule has 1 aromatic rings. The van der Waals surface area contributed by atoms with E-state index < -0.39 is 44.3 Å². The van der Waals surface area contributed by atoms with Gasteiger partial charge in [0.05, 0.1) is 0 Å². The minimum atomic E-state index is -5.06. The standard InChI is InChI=1S/C14H24N3O9P/c1-2-3-4-6-15-8-5-7-17(14(21)16-8)12-10(19)9(18)11(25-12)13(20)26-27(22,23)24/h5,7,9-13,18-20H,2-4,6H2,1H3,(H,15,16,21)(H2,22,23,24)/t9-,10-,11-,12+,13?/m0/s1. The van der Waals surface area contributed by atoms with Crippen LogP contribution in [0.1, 0.15) is 32.4 Å². The van der Waals surface area contributed by atoms with E-state index in [4.69, 9.17) is 14.5 Å². The van der Waals surface area contributed by atoms with Crippen molar-refractivity contribution >= 4 is 13.6 Å². The summed E-state index contributed by atoms with van der Waals surface area (Å²) in [7, 11) is -5.06. The van der Waals surface area contributed by atoms with Crippen molar-refractivity contribution in [3.05, 3.63) is 22.7 Å². The molecule has 2 heterocycles. The molecule has 12 nitrogen and oxygen atoms in total. The van der Waals surface area contributed by atoms with Crippen molar-refractivity contribution in [3.63, 3.8) is 0 Å². The number of aromatic nitrogens is 2. The second kappa shape index (κ2) is 9.22. The summed E-state index contributed by atoms with van der Waals surface area (Å²) in [5.41, 5.74) is -0.780. The van der Waals surface area contributed by atoms with Crippen molar-refractivity contribution < 1.29 is 38.9 Å². The Morgan fingerprint density at radius 2 is 2.07 bits per heavy atom. The molecule has 1 fully saturated rings. The lowest BCUT2D eigenvalue weighted by molar-refractivity contribution is -0.161. The number of aliphatic hydroxyl groups excluding tert-OH is 3. The summed E-state index contributed by atoms with van der Waals surface area (Å²) in [5.74, 6) is 0.335. The van der Waals surface area contributed by atoms with Crippen molar-refractivity contribution in [1.29, 1.82) is 0 Å². The number of ether oxygens (including phenoxy) is 1. The van der Waals surface area contributed by atoms with Crippen molar-refractivity contribution in [1.82, 2.24) is 9.55 Å². The van der Waals surface area contributed by atoms with Gasteiger partial charge >= 0.3 is 13.5 Å². The predicted octanol–water partition coefficient (Wildman–Crippen LogP) is -1.11. The Labute approximate surface area is 154 Å². The van der Waals surface area contributed by atoms with E-state index in [1.54, 1.807) is 0 Å². The van der Waals surface area contributed by atoms with Gasteiger partial charge < -0.3 is 35.2 Å². The van der Waals surface area contributed by atoms with Gasteiger partial charge in [-0.1, -0.05) is 19.8 Å². The van der Waals surface area contributed by atoms with E-state index >= 15 is 0 Å². The van der Waals surface area contributed by atoms with Gasteiger partial charge in [-0.2, -0.15) is 4.98 Å². The highest BCUT2D eigenvalue weighted by molar-refractivity contribution is 7.46. The van der Waals surface area contributed by atoms with E-state index in [0.717, 1.165) is 23.8 Å². The minimum absolute atomic E-state index is 0.335. The molecule has 1 aliphatic heterocycles. The average Bonchev–Trinajstić information content (AvgIpc) is 2.86. The molecule has 0 spiro atoms. The largest absolute Gasteiger partial charge is 0.472 e. The molecule has 0 radical (unpaired) electrons. The SMILES string of the molecule is CCCCCNc1ccn([C@@H]2O[C@H](C(O)OP(=O)(O)O)[C@@H](O)[C@@H]2O)c(=O)n1. The molecule has 0 bridgehead atoms. The quantitative estimate of drug-likeness (QED) is 0.165. The van der Waals surface area contributed by atoms with Crippen molar-refractivity contribution in [2.75, 3.05) is 11.9 Å². The van der Waals surface area contributed by atoms with Crippen LogP contribution in [0.3, 0.4) is 0 Å². The third kappa shape index (κ3) is 5.80. The fourth-order valence-corrected chi connectivity index (χ4v) is 3.05. The van der Waals surface area contributed by atoms with Crippen molar-refractivity contribution in [2.24, 2.45) is 0 Å². The van der Waals surface area contributed by atoms with Gasteiger partial charge in [0.2, 0.25) is 0 Å². The Balaban J connectivity index is 2.09. The summed E-state index contributed by atoms with van der Waals surface area (Å²) in [4.78, 5) is 33.4. The summed E-state index contributed by atoms with van der Waals surface area (Å²) in [6.45, 7) is 2.70. The van der Waals surface area contributed by atoms with E-state index in [0.29, 0.717) is 12.4 Å². The Kier molecular flexibility index (Phi) is 7.48. The maximum atomic E-state index is 12.2. The van der Waals surface area contributed by atoms with Gasteiger partial charge in [-0.05, 0) is 12.5 Å². The lowest BCUT2D eigenvalue weighted by Crippen LogP contribution is -2.39. The van der Waals surface area contributed by atoms with Crippen molar-refractivity contribution in [2.45, 2.75) is 57.0 Å². The highest BCUT2D eigenvalue weighted by Crippen LogP contribution is 2.40. The second-order valence-electron chi connectivity index (χ2n) is 6.10. The molecular weight excluding hydrogens is 385 g/mol. The third-order valence-electron chi connectivity index (χ3n) is 3.99. The first-order valence-electron chi connectivity index (χ1n) is 8.40. The van der Waals surface area contributed by atoms with Crippen LogP contribution in [-0.4, -0.2) is 65.8 Å². The van der Waals surface area contributed by atoms with Gasteiger partial charge in [0.1, 0.15) is 24.1 Å². The van der Waals surface area contributed by atoms with E-state index in [-0.39, 0.29) is 0 Å². The molecule has 0 aliphatic carbocycles. The molecule has 0 amide bonds. The number of hydrogen-bond acceptors (Lipinski definition) is 9. The number of phosphoric acid groups is 1. The van der Waals surface area contributed by atoms with Crippen LogP contribution in [0.4, 0.5) is 5.82 Å². The lowest BCUT2D eigenvalue weighted by atomic mass is 10.1. The molecule has 1 aliphatic rings. The molecule has 6 N–H and O–H groups in total. The Hall–Kier alpha value is -1.37. The molecule has 154 valence electrons. The van der Waals surface area contributed by atoms with Gasteiger partial charge in [0, 0.05) is 12.7 Å².